The molecule has 0 fully saturated rings. The molecular formula is C24H31N3O4S. The van der Waals surface area contributed by atoms with Crippen molar-refractivity contribution in [3.63, 3.8) is 0 Å². The first-order valence-electron chi connectivity index (χ1n) is 10.7. The largest absolute Gasteiger partial charge is 0.491 e. The molecule has 3 rings (SSSR count). The highest BCUT2D eigenvalue weighted by Crippen LogP contribution is 2.17. The fourth-order valence-corrected chi connectivity index (χ4v) is 4.11. The molecule has 0 saturated carbocycles. The summed E-state index contributed by atoms with van der Waals surface area (Å²) in [5, 5.41) is 7.43. The van der Waals surface area contributed by atoms with Gasteiger partial charge in [0, 0.05) is 31.5 Å². The number of nitrogens with zero attached hydrogens (tertiary/aromatic N) is 2. The highest BCUT2D eigenvalue weighted by Gasteiger charge is 2.23. The molecule has 0 aliphatic carbocycles. The van der Waals surface area contributed by atoms with Gasteiger partial charge in [-0.1, -0.05) is 43.7 Å². The van der Waals surface area contributed by atoms with Gasteiger partial charge in [0.25, 0.3) is 10.1 Å². The van der Waals surface area contributed by atoms with Crippen LogP contribution >= 0.6 is 0 Å². The molecule has 172 valence electrons. The first-order chi connectivity index (χ1) is 15.3. The molecular weight excluding hydrogens is 426 g/mol. The Kier molecular flexibility index (Phi) is 8.44. The van der Waals surface area contributed by atoms with Gasteiger partial charge in [-0.15, -0.1) is 0 Å². The predicted octanol–water partition coefficient (Wildman–Crippen LogP) is 3.59. The zero-order valence-corrected chi connectivity index (χ0v) is 19.6. The molecule has 0 radical (unpaired) electrons. The number of aromatic nitrogens is 2. The Morgan fingerprint density at radius 1 is 1.06 bits per heavy atom. The lowest BCUT2D eigenvalue weighted by molar-refractivity contribution is 0.130. The van der Waals surface area contributed by atoms with Gasteiger partial charge in [0.05, 0.1) is 4.90 Å². The van der Waals surface area contributed by atoms with Gasteiger partial charge in [-0.3, -0.25) is 8.86 Å². The Hall–Kier alpha value is -2.68. The minimum atomic E-state index is -3.89. The quantitative estimate of drug-likeness (QED) is 0.419. The highest BCUT2D eigenvalue weighted by atomic mass is 32.2. The van der Waals surface area contributed by atoms with Gasteiger partial charge < -0.3 is 10.1 Å². The van der Waals surface area contributed by atoms with E-state index >= 15 is 0 Å². The van der Waals surface area contributed by atoms with Crippen molar-refractivity contribution in [1.29, 1.82) is 0 Å². The summed E-state index contributed by atoms with van der Waals surface area (Å²) in [6.07, 6.45) is 3.90. The van der Waals surface area contributed by atoms with Crippen molar-refractivity contribution in [3.05, 3.63) is 78.1 Å². The van der Waals surface area contributed by atoms with Crippen LogP contribution < -0.4 is 10.1 Å². The molecule has 1 unspecified atom stereocenters. The normalized spacial score (nSPS) is 12.8. The summed E-state index contributed by atoms with van der Waals surface area (Å²) in [6, 6.07) is 16.5. The van der Waals surface area contributed by atoms with Gasteiger partial charge in [-0.25, -0.2) is 0 Å². The molecule has 1 aromatic heterocycles. The topological polar surface area (TPSA) is 82.5 Å². The van der Waals surface area contributed by atoms with Crippen molar-refractivity contribution in [1.82, 2.24) is 15.1 Å². The van der Waals surface area contributed by atoms with Crippen LogP contribution in [0.25, 0.3) is 0 Å². The fourth-order valence-electron chi connectivity index (χ4n) is 3.05. The lowest BCUT2D eigenvalue weighted by atomic mass is 10.1. The number of ether oxygens (including phenoxy) is 1. The molecule has 7 nitrogen and oxygen atoms in total. The van der Waals surface area contributed by atoms with Crippen molar-refractivity contribution >= 4 is 10.1 Å². The van der Waals surface area contributed by atoms with Crippen molar-refractivity contribution in [2.45, 2.75) is 50.8 Å². The molecule has 8 heteroatoms. The van der Waals surface area contributed by atoms with E-state index in [4.69, 9.17) is 8.92 Å². The van der Waals surface area contributed by atoms with Gasteiger partial charge in [0.1, 0.15) is 18.5 Å². The van der Waals surface area contributed by atoms with Gasteiger partial charge in [0.2, 0.25) is 0 Å². The first-order valence-corrected chi connectivity index (χ1v) is 12.1. The Labute approximate surface area is 190 Å². The Morgan fingerprint density at radius 2 is 1.78 bits per heavy atom. The van der Waals surface area contributed by atoms with Gasteiger partial charge in [-0.05, 0) is 49.2 Å². The van der Waals surface area contributed by atoms with E-state index in [-0.39, 0.29) is 17.5 Å². The van der Waals surface area contributed by atoms with E-state index in [9.17, 15) is 8.42 Å². The van der Waals surface area contributed by atoms with Crippen molar-refractivity contribution < 1.29 is 17.3 Å². The van der Waals surface area contributed by atoms with Gasteiger partial charge in [-0.2, -0.15) is 13.5 Å². The number of rotatable bonds is 12. The summed E-state index contributed by atoms with van der Waals surface area (Å²) >= 11 is 0. The minimum absolute atomic E-state index is 0.109. The third-order valence-corrected chi connectivity index (χ3v) is 6.25. The zero-order chi connectivity index (χ0) is 23.0. The monoisotopic (exact) mass is 457 g/mol. The third-order valence-electron chi connectivity index (χ3n) is 4.87. The second-order valence-corrected chi connectivity index (χ2v) is 9.59. The second kappa shape index (κ2) is 11.3. The first kappa shape index (κ1) is 24.0. The van der Waals surface area contributed by atoms with E-state index in [2.05, 4.69) is 10.4 Å². The van der Waals surface area contributed by atoms with Gasteiger partial charge >= 0.3 is 0 Å². The highest BCUT2D eigenvalue weighted by molar-refractivity contribution is 7.86. The molecule has 1 atom stereocenters. The maximum absolute atomic E-state index is 12.7. The third kappa shape index (κ3) is 7.47. The van der Waals surface area contributed by atoms with Crippen LogP contribution in [0.15, 0.2) is 71.9 Å². The molecule has 2 aromatic carbocycles. The molecule has 3 aromatic rings. The van der Waals surface area contributed by atoms with Crippen LogP contribution in [0.2, 0.25) is 0 Å². The molecule has 0 amide bonds. The Balaban J connectivity index is 1.59. The van der Waals surface area contributed by atoms with E-state index in [1.165, 1.54) is 5.56 Å². The Bertz CT molecular complexity index is 1050. The van der Waals surface area contributed by atoms with E-state index in [1.54, 1.807) is 30.5 Å². The summed E-state index contributed by atoms with van der Waals surface area (Å²) < 4.78 is 38.7. The second-order valence-electron chi connectivity index (χ2n) is 8.02. The number of hydrogen-bond acceptors (Lipinski definition) is 6. The molecule has 0 bridgehead atoms. The van der Waals surface area contributed by atoms with E-state index < -0.39 is 16.2 Å². The molecule has 0 spiro atoms. The van der Waals surface area contributed by atoms with E-state index in [0.717, 1.165) is 18.5 Å². The molecule has 1 N–H and O–H groups in total. The minimum Gasteiger partial charge on any atom is -0.491 e. The van der Waals surface area contributed by atoms with Crippen molar-refractivity contribution in [3.8, 4) is 5.75 Å². The summed E-state index contributed by atoms with van der Waals surface area (Å²) in [4.78, 5) is 0.138. The van der Waals surface area contributed by atoms with Crippen molar-refractivity contribution in [2.24, 2.45) is 0 Å². The molecule has 0 aliphatic heterocycles. The lowest BCUT2D eigenvalue weighted by Crippen LogP contribution is -2.38. The summed E-state index contributed by atoms with van der Waals surface area (Å²) in [5.41, 5.74) is 2.16. The predicted molar refractivity (Wildman–Crippen MR) is 124 cm³/mol. The fraction of sp³-hybridized carbons (Fsp3) is 0.375. The molecule has 32 heavy (non-hydrogen) atoms. The zero-order valence-electron chi connectivity index (χ0n) is 18.8. The van der Waals surface area contributed by atoms with E-state index in [1.807, 2.05) is 62.0 Å². The summed E-state index contributed by atoms with van der Waals surface area (Å²) in [6.45, 7) is 7.16. The average Bonchev–Trinajstić information content (AvgIpc) is 3.29. The maximum Gasteiger partial charge on any atom is 0.297 e. The number of aryl methyl sites for hydroxylation is 3. The average molecular weight is 458 g/mol. The summed E-state index contributed by atoms with van der Waals surface area (Å²) in [5.74, 6) is 0.665. The van der Waals surface area contributed by atoms with Crippen LogP contribution in [-0.4, -0.2) is 43.5 Å². The van der Waals surface area contributed by atoms with Crippen LogP contribution in [0.4, 0.5) is 0 Å². The van der Waals surface area contributed by atoms with Crippen LogP contribution in [-0.2, 0) is 27.3 Å². The van der Waals surface area contributed by atoms with E-state index in [0.29, 0.717) is 12.3 Å². The smallest absolute Gasteiger partial charge is 0.297 e. The van der Waals surface area contributed by atoms with Crippen LogP contribution in [0.5, 0.6) is 5.75 Å². The molecule has 1 heterocycles. The Morgan fingerprint density at radius 3 is 2.41 bits per heavy atom. The number of nitrogens with one attached hydrogen (secondary N) is 1. The van der Waals surface area contributed by atoms with Gasteiger partial charge in [0.15, 0.2) is 0 Å². The molecule has 0 aliphatic rings. The maximum atomic E-state index is 12.7. The lowest BCUT2D eigenvalue weighted by Gasteiger charge is -2.20. The molecule has 0 saturated heterocycles. The SMILES string of the molecule is Cc1ccc(S(=O)(=O)OC(CNC(C)C)COc2ccc(CCn3cccn3)cc2)cc1. The van der Waals surface area contributed by atoms with Crippen LogP contribution in [0.3, 0.4) is 0 Å². The summed E-state index contributed by atoms with van der Waals surface area (Å²) in [7, 11) is -3.89. The van der Waals surface area contributed by atoms with Crippen molar-refractivity contribution in [2.75, 3.05) is 13.2 Å². The standard InChI is InChI=1S/C24H31N3O4S/c1-19(2)25-17-23(31-32(28,29)24-11-5-20(3)6-12-24)18-30-22-9-7-21(8-10-22)13-16-27-15-4-14-26-27/h4-12,14-15,19,23,25H,13,16-18H2,1-3H3. The number of benzene rings is 2. The number of hydrogen-bond donors (Lipinski definition) is 1. The van der Waals surface area contributed by atoms with Crippen LogP contribution in [0, 0.1) is 6.92 Å². The van der Waals surface area contributed by atoms with Crippen LogP contribution in [0.1, 0.15) is 25.0 Å².